The van der Waals surface area contributed by atoms with Gasteiger partial charge in [-0.1, -0.05) is 66.7 Å². The molecule has 3 aromatic rings. The van der Waals surface area contributed by atoms with Gasteiger partial charge in [0, 0.05) is 18.8 Å². The molecule has 0 aromatic heterocycles. The Bertz CT molecular complexity index is 1300. The van der Waals surface area contributed by atoms with E-state index in [4.69, 9.17) is 18.6 Å². The molecule has 3 heterocycles. The maximum Gasteiger partial charge on any atom is 0.494 e. The molecule has 0 bridgehead atoms. The van der Waals surface area contributed by atoms with Crippen LogP contribution in [0.1, 0.15) is 52.7 Å². The van der Waals surface area contributed by atoms with Gasteiger partial charge in [-0.3, -0.25) is 0 Å². The van der Waals surface area contributed by atoms with E-state index < -0.39 is 7.12 Å². The molecule has 0 aliphatic carbocycles. The van der Waals surface area contributed by atoms with Crippen molar-refractivity contribution in [2.24, 2.45) is 0 Å². The van der Waals surface area contributed by atoms with Crippen molar-refractivity contribution in [2.45, 2.75) is 63.8 Å². The molecule has 0 N–H and O–H groups in total. The summed E-state index contributed by atoms with van der Waals surface area (Å²) in [5.41, 5.74) is 4.67. The minimum atomic E-state index is -0.392. The summed E-state index contributed by atoms with van der Waals surface area (Å²) < 4.78 is 25.1. The first-order chi connectivity index (χ1) is 18.0. The van der Waals surface area contributed by atoms with Crippen molar-refractivity contribution < 1.29 is 18.6 Å². The lowest BCUT2D eigenvalue weighted by Gasteiger charge is -2.52. The third-order valence-corrected chi connectivity index (χ3v) is 8.73. The molecular formula is C31H37B2NO4. The second kappa shape index (κ2) is 8.99. The van der Waals surface area contributed by atoms with E-state index in [9.17, 15) is 0 Å². The molecule has 0 saturated carbocycles. The predicted molar refractivity (Wildman–Crippen MR) is 155 cm³/mol. The SMILES string of the molecule is CC1(C)COB(c2cccc(C3(c4cccc(B5OC(C)(C)C(C)(C)O5)c4)CN(c4ccccc4)C3)c2)O1. The average Bonchev–Trinajstić information content (AvgIpc) is 3.33. The zero-order valence-electron chi connectivity index (χ0n) is 23.4. The Morgan fingerprint density at radius 2 is 1.18 bits per heavy atom. The van der Waals surface area contributed by atoms with Gasteiger partial charge in [-0.25, -0.2) is 0 Å². The molecule has 3 aliphatic rings. The quantitative estimate of drug-likeness (QED) is 0.480. The van der Waals surface area contributed by atoms with E-state index in [1.54, 1.807) is 0 Å². The van der Waals surface area contributed by atoms with Gasteiger partial charge in [-0.15, -0.1) is 0 Å². The van der Waals surface area contributed by atoms with Crippen LogP contribution < -0.4 is 15.8 Å². The molecule has 7 heteroatoms. The Hall–Kier alpha value is -2.57. The summed E-state index contributed by atoms with van der Waals surface area (Å²) in [6.07, 6.45) is 0. The molecule has 0 unspecified atom stereocenters. The van der Waals surface area contributed by atoms with Crippen molar-refractivity contribution in [2.75, 3.05) is 24.6 Å². The highest BCUT2D eigenvalue weighted by atomic mass is 16.7. The van der Waals surface area contributed by atoms with Gasteiger partial charge in [-0.2, -0.15) is 0 Å². The molecule has 6 rings (SSSR count). The fraction of sp³-hybridized carbons (Fsp3) is 0.419. The van der Waals surface area contributed by atoms with Crippen LogP contribution in [0.25, 0.3) is 0 Å². The van der Waals surface area contributed by atoms with E-state index in [1.165, 1.54) is 16.8 Å². The monoisotopic (exact) mass is 509 g/mol. The van der Waals surface area contributed by atoms with E-state index in [0.29, 0.717) is 6.61 Å². The fourth-order valence-corrected chi connectivity index (χ4v) is 5.70. The van der Waals surface area contributed by atoms with Gasteiger partial charge in [0.1, 0.15) is 0 Å². The van der Waals surface area contributed by atoms with Crippen LogP contribution in [0.5, 0.6) is 0 Å². The smallest absolute Gasteiger partial charge is 0.404 e. The van der Waals surface area contributed by atoms with Crippen LogP contribution in [0.3, 0.4) is 0 Å². The summed E-state index contributed by atoms with van der Waals surface area (Å²) in [5, 5.41) is 0. The Morgan fingerprint density at radius 1 is 0.632 bits per heavy atom. The maximum atomic E-state index is 6.41. The maximum absolute atomic E-state index is 6.41. The number of benzene rings is 3. The van der Waals surface area contributed by atoms with Crippen molar-refractivity contribution in [1.82, 2.24) is 0 Å². The summed E-state index contributed by atoms with van der Waals surface area (Å²) in [5.74, 6) is 0. The number of rotatable bonds is 5. The Labute approximate surface area is 227 Å². The van der Waals surface area contributed by atoms with E-state index in [2.05, 4.69) is 125 Å². The van der Waals surface area contributed by atoms with Crippen LogP contribution in [-0.4, -0.2) is 50.7 Å². The van der Waals surface area contributed by atoms with Crippen molar-refractivity contribution in [3.05, 3.63) is 90.0 Å². The molecule has 38 heavy (non-hydrogen) atoms. The zero-order valence-corrected chi connectivity index (χ0v) is 23.4. The lowest BCUT2D eigenvalue weighted by molar-refractivity contribution is 0.00578. The number of nitrogens with zero attached hydrogens (tertiary/aromatic N) is 1. The molecule has 3 fully saturated rings. The van der Waals surface area contributed by atoms with Crippen molar-refractivity contribution in [3.8, 4) is 0 Å². The first kappa shape index (κ1) is 25.7. The summed E-state index contributed by atoms with van der Waals surface area (Å²) in [6, 6.07) is 28.2. The van der Waals surface area contributed by atoms with Gasteiger partial charge >= 0.3 is 14.2 Å². The molecule has 0 radical (unpaired) electrons. The van der Waals surface area contributed by atoms with Crippen LogP contribution in [-0.2, 0) is 24.0 Å². The first-order valence-electron chi connectivity index (χ1n) is 13.6. The Balaban J connectivity index is 1.37. The number of anilines is 1. The lowest BCUT2D eigenvalue weighted by Crippen LogP contribution is -2.60. The van der Waals surface area contributed by atoms with Gasteiger partial charge < -0.3 is 23.5 Å². The molecule has 5 nitrogen and oxygen atoms in total. The molecule has 0 amide bonds. The molecule has 196 valence electrons. The number of hydrogen-bond acceptors (Lipinski definition) is 5. The van der Waals surface area contributed by atoms with E-state index in [1.807, 2.05) is 0 Å². The molecule has 3 saturated heterocycles. The van der Waals surface area contributed by atoms with Crippen LogP contribution in [0.2, 0.25) is 0 Å². The minimum absolute atomic E-state index is 0.181. The highest BCUT2D eigenvalue weighted by molar-refractivity contribution is 6.62. The Kier molecular flexibility index (Phi) is 6.08. The highest BCUT2D eigenvalue weighted by Crippen LogP contribution is 2.43. The third kappa shape index (κ3) is 4.40. The van der Waals surface area contributed by atoms with Crippen LogP contribution in [0.4, 0.5) is 5.69 Å². The fourth-order valence-electron chi connectivity index (χ4n) is 5.70. The van der Waals surface area contributed by atoms with Gasteiger partial charge in [0.15, 0.2) is 0 Å². The van der Waals surface area contributed by atoms with Crippen LogP contribution in [0.15, 0.2) is 78.9 Å². The number of hydrogen-bond donors (Lipinski definition) is 0. The minimum Gasteiger partial charge on any atom is -0.404 e. The summed E-state index contributed by atoms with van der Waals surface area (Å²) >= 11 is 0. The van der Waals surface area contributed by atoms with E-state index in [-0.39, 0.29) is 29.3 Å². The standard InChI is InChI=1S/C31H37B2NO4/c1-28(2)22-35-32(36-28)25-14-10-12-23(18-25)31(20-34(21-31)27-16-8-7-9-17-27)24-13-11-15-26(19-24)33-37-29(3,4)30(5,6)38-33/h7-19H,20-22H2,1-6H3. The zero-order chi connectivity index (χ0) is 26.8. The normalized spacial score (nSPS) is 22.9. The van der Waals surface area contributed by atoms with Crippen molar-refractivity contribution >= 4 is 30.8 Å². The average molecular weight is 509 g/mol. The van der Waals surface area contributed by atoms with Crippen molar-refractivity contribution in [3.63, 3.8) is 0 Å². The van der Waals surface area contributed by atoms with Gasteiger partial charge in [0.2, 0.25) is 0 Å². The molecule has 0 atom stereocenters. The second-order valence-electron chi connectivity index (χ2n) is 12.6. The molecule has 0 spiro atoms. The van der Waals surface area contributed by atoms with Gasteiger partial charge in [0.05, 0.1) is 28.8 Å². The molecule has 3 aliphatic heterocycles. The van der Waals surface area contributed by atoms with Crippen LogP contribution in [0, 0.1) is 0 Å². The molecular weight excluding hydrogens is 472 g/mol. The topological polar surface area (TPSA) is 40.2 Å². The number of para-hydroxylation sites is 1. The molecule has 3 aromatic carbocycles. The summed E-state index contributed by atoms with van der Waals surface area (Å²) in [7, 11) is -0.737. The first-order valence-corrected chi connectivity index (χ1v) is 13.6. The lowest BCUT2D eigenvalue weighted by atomic mass is 9.65. The van der Waals surface area contributed by atoms with E-state index in [0.717, 1.165) is 24.0 Å². The summed E-state index contributed by atoms with van der Waals surface area (Å²) in [6.45, 7) is 14.9. The summed E-state index contributed by atoms with van der Waals surface area (Å²) in [4.78, 5) is 2.44. The Morgan fingerprint density at radius 3 is 1.71 bits per heavy atom. The van der Waals surface area contributed by atoms with E-state index >= 15 is 0 Å². The third-order valence-electron chi connectivity index (χ3n) is 8.73. The van der Waals surface area contributed by atoms with Gasteiger partial charge in [0.25, 0.3) is 0 Å². The van der Waals surface area contributed by atoms with Crippen LogP contribution >= 0.6 is 0 Å². The second-order valence-corrected chi connectivity index (χ2v) is 12.6. The largest absolute Gasteiger partial charge is 0.494 e. The van der Waals surface area contributed by atoms with Crippen molar-refractivity contribution in [1.29, 1.82) is 0 Å². The predicted octanol–water partition coefficient (Wildman–Crippen LogP) is 4.31. The van der Waals surface area contributed by atoms with Gasteiger partial charge in [-0.05, 0) is 75.7 Å². The highest BCUT2D eigenvalue weighted by Gasteiger charge is 2.52.